The normalized spacial score (nSPS) is 10.8. The van der Waals surface area contributed by atoms with Crippen LogP contribution in [0.2, 0.25) is 0 Å². The zero-order valence-corrected chi connectivity index (χ0v) is 8.58. The van der Waals surface area contributed by atoms with Gasteiger partial charge in [0.1, 0.15) is 0 Å². The van der Waals surface area contributed by atoms with E-state index >= 15 is 0 Å². The molecular formula is C8H7BrN2S. The Morgan fingerprint density at radius 3 is 2.75 bits per heavy atom. The number of fused-ring (bicyclic) bond motifs is 1. The zero-order chi connectivity index (χ0) is 8.72. The van der Waals surface area contributed by atoms with Crippen molar-refractivity contribution < 1.29 is 0 Å². The van der Waals surface area contributed by atoms with Crippen molar-refractivity contribution in [1.82, 2.24) is 0 Å². The lowest BCUT2D eigenvalue weighted by Crippen LogP contribution is -1.85. The van der Waals surface area contributed by atoms with Gasteiger partial charge in [-0.05, 0) is 34.1 Å². The maximum Gasteiger partial charge on any atom is 0.0869 e. The minimum Gasteiger partial charge on any atom is -0.397 e. The summed E-state index contributed by atoms with van der Waals surface area (Å²) in [6.07, 6.45) is 0. The molecule has 2 aromatic rings. The van der Waals surface area contributed by atoms with Gasteiger partial charge >= 0.3 is 0 Å². The van der Waals surface area contributed by atoms with Crippen molar-refractivity contribution in [3.8, 4) is 0 Å². The van der Waals surface area contributed by atoms with E-state index in [0.717, 1.165) is 25.2 Å². The first-order valence-electron chi connectivity index (χ1n) is 3.41. The molecule has 12 heavy (non-hydrogen) atoms. The fraction of sp³-hybridized carbons (Fsp3) is 0. The number of anilines is 2. The van der Waals surface area contributed by atoms with E-state index in [9.17, 15) is 0 Å². The Labute approximate surface area is 82.3 Å². The Bertz CT molecular complexity index is 436. The first-order chi connectivity index (χ1) is 5.68. The van der Waals surface area contributed by atoms with Crippen LogP contribution >= 0.6 is 27.3 Å². The van der Waals surface area contributed by atoms with Gasteiger partial charge in [0.05, 0.1) is 10.7 Å². The van der Waals surface area contributed by atoms with Gasteiger partial charge in [-0.2, -0.15) is 0 Å². The summed E-state index contributed by atoms with van der Waals surface area (Å²) >= 11 is 4.92. The first kappa shape index (κ1) is 7.89. The quantitative estimate of drug-likeness (QED) is 0.699. The molecule has 0 amide bonds. The van der Waals surface area contributed by atoms with Crippen LogP contribution in [-0.4, -0.2) is 0 Å². The lowest BCUT2D eigenvalue weighted by Gasteiger charge is -1.97. The number of nitrogen functional groups attached to an aromatic ring is 2. The highest BCUT2D eigenvalue weighted by atomic mass is 79.9. The standard InChI is InChI=1S/C8H7BrN2S/c9-5-1-2-6-4(8(5)11)3-7(10)12-6/h1-3H,10-11H2. The molecule has 0 atom stereocenters. The Balaban J connectivity index is 2.89. The number of thiophene rings is 1. The summed E-state index contributed by atoms with van der Waals surface area (Å²) in [5.74, 6) is 0. The molecule has 0 unspecified atom stereocenters. The van der Waals surface area contributed by atoms with Gasteiger partial charge in [0.25, 0.3) is 0 Å². The van der Waals surface area contributed by atoms with Crippen LogP contribution in [0.25, 0.3) is 10.1 Å². The Morgan fingerprint density at radius 2 is 2.00 bits per heavy atom. The molecule has 0 saturated heterocycles. The van der Waals surface area contributed by atoms with Crippen molar-refractivity contribution in [3.63, 3.8) is 0 Å². The van der Waals surface area contributed by atoms with E-state index in [0.29, 0.717) is 0 Å². The molecule has 0 bridgehead atoms. The maximum absolute atomic E-state index is 5.84. The molecule has 1 aromatic heterocycles. The van der Waals surface area contributed by atoms with Crippen LogP contribution in [-0.2, 0) is 0 Å². The summed E-state index contributed by atoms with van der Waals surface area (Å²) in [6.45, 7) is 0. The highest BCUT2D eigenvalue weighted by molar-refractivity contribution is 9.10. The third-order valence-corrected chi connectivity index (χ3v) is 3.33. The van der Waals surface area contributed by atoms with Gasteiger partial charge in [-0.1, -0.05) is 0 Å². The fourth-order valence-corrected chi connectivity index (χ4v) is 2.32. The highest BCUT2D eigenvalue weighted by Gasteiger charge is 2.04. The summed E-state index contributed by atoms with van der Waals surface area (Å²) in [6, 6.07) is 5.85. The van der Waals surface area contributed by atoms with Crippen LogP contribution in [0.1, 0.15) is 0 Å². The highest BCUT2D eigenvalue weighted by Crippen LogP contribution is 2.35. The van der Waals surface area contributed by atoms with Crippen LogP contribution in [0.15, 0.2) is 22.7 Å². The second-order valence-corrected chi connectivity index (χ2v) is 4.49. The Morgan fingerprint density at radius 1 is 1.25 bits per heavy atom. The minimum atomic E-state index is 0.764. The SMILES string of the molecule is Nc1cc2c(N)c(Br)ccc2s1. The van der Waals surface area contributed by atoms with Crippen LogP contribution in [0.5, 0.6) is 0 Å². The van der Waals surface area contributed by atoms with Crippen molar-refractivity contribution in [1.29, 1.82) is 0 Å². The molecule has 62 valence electrons. The molecule has 2 rings (SSSR count). The van der Waals surface area contributed by atoms with E-state index in [2.05, 4.69) is 15.9 Å². The number of hydrogen-bond acceptors (Lipinski definition) is 3. The van der Waals surface area contributed by atoms with Crippen molar-refractivity contribution in [2.24, 2.45) is 0 Å². The van der Waals surface area contributed by atoms with Gasteiger partial charge in [-0.25, -0.2) is 0 Å². The molecule has 2 nitrogen and oxygen atoms in total. The molecule has 0 aliphatic carbocycles. The van der Waals surface area contributed by atoms with E-state index in [1.165, 1.54) is 0 Å². The van der Waals surface area contributed by atoms with Crippen LogP contribution in [0, 0.1) is 0 Å². The predicted molar refractivity (Wildman–Crippen MR) is 58.3 cm³/mol. The lowest BCUT2D eigenvalue weighted by atomic mass is 10.2. The molecule has 0 radical (unpaired) electrons. The topological polar surface area (TPSA) is 52.0 Å². The molecular weight excluding hydrogens is 236 g/mol. The number of rotatable bonds is 0. The average molecular weight is 243 g/mol. The molecule has 1 heterocycles. The van der Waals surface area contributed by atoms with Crippen molar-refractivity contribution in [2.45, 2.75) is 0 Å². The van der Waals surface area contributed by atoms with Gasteiger partial charge in [-0.3, -0.25) is 0 Å². The monoisotopic (exact) mass is 242 g/mol. The number of halogens is 1. The largest absolute Gasteiger partial charge is 0.397 e. The van der Waals surface area contributed by atoms with E-state index < -0.39 is 0 Å². The lowest BCUT2D eigenvalue weighted by molar-refractivity contribution is 1.73. The number of nitrogens with two attached hydrogens (primary N) is 2. The van der Waals surface area contributed by atoms with E-state index in [1.54, 1.807) is 11.3 Å². The van der Waals surface area contributed by atoms with Gasteiger partial charge in [-0.15, -0.1) is 11.3 Å². The van der Waals surface area contributed by atoms with Gasteiger partial charge in [0.15, 0.2) is 0 Å². The average Bonchev–Trinajstić information content (AvgIpc) is 2.39. The van der Waals surface area contributed by atoms with E-state index in [4.69, 9.17) is 11.5 Å². The predicted octanol–water partition coefficient (Wildman–Crippen LogP) is 2.83. The van der Waals surface area contributed by atoms with Crippen molar-refractivity contribution in [3.05, 3.63) is 22.7 Å². The first-order valence-corrected chi connectivity index (χ1v) is 5.02. The van der Waals surface area contributed by atoms with Crippen molar-refractivity contribution >= 4 is 48.0 Å². The molecule has 4 heteroatoms. The second-order valence-electron chi connectivity index (χ2n) is 2.52. The van der Waals surface area contributed by atoms with Crippen LogP contribution in [0.4, 0.5) is 10.7 Å². The fourth-order valence-electron chi connectivity index (χ4n) is 1.13. The summed E-state index contributed by atoms with van der Waals surface area (Å²) in [7, 11) is 0. The molecule has 1 aromatic carbocycles. The third kappa shape index (κ3) is 1.07. The van der Waals surface area contributed by atoms with Crippen LogP contribution < -0.4 is 11.5 Å². The third-order valence-electron chi connectivity index (χ3n) is 1.71. The Kier molecular flexibility index (Phi) is 1.73. The van der Waals surface area contributed by atoms with Crippen molar-refractivity contribution in [2.75, 3.05) is 11.5 Å². The summed E-state index contributed by atoms with van der Waals surface area (Å²) in [5.41, 5.74) is 12.3. The van der Waals surface area contributed by atoms with Crippen LogP contribution in [0.3, 0.4) is 0 Å². The van der Waals surface area contributed by atoms with E-state index in [1.807, 2.05) is 18.2 Å². The molecule has 0 aliphatic rings. The molecule has 0 aliphatic heterocycles. The van der Waals surface area contributed by atoms with Gasteiger partial charge in [0.2, 0.25) is 0 Å². The van der Waals surface area contributed by atoms with Gasteiger partial charge < -0.3 is 11.5 Å². The Hall–Kier alpha value is -0.740. The molecule has 0 spiro atoms. The number of hydrogen-bond donors (Lipinski definition) is 2. The summed E-state index contributed by atoms with van der Waals surface area (Å²) in [4.78, 5) is 0. The summed E-state index contributed by atoms with van der Waals surface area (Å²) in [5, 5.41) is 1.83. The molecule has 4 N–H and O–H groups in total. The second kappa shape index (κ2) is 2.64. The zero-order valence-electron chi connectivity index (χ0n) is 6.17. The number of benzene rings is 1. The van der Waals surface area contributed by atoms with Gasteiger partial charge in [0, 0.05) is 14.6 Å². The summed E-state index contributed by atoms with van der Waals surface area (Å²) < 4.78 is 2.06. The minimum absolute atomic E-state index is 0.764. The smallest absolute Gasteiger partial charge is 0.0869 e. The molecule has 0 fully saturated rings. The molecule has 0 saturated carbocycles. The van der Waals surface area contributed by atoms with E-state index in [-0.39, 0.29) is 0 Å². The maximum atomic E-state index is 5.84.